The highest BCUT2D eigenvalue weighted by Gasteiger charge is 2.02. The zero-order valence-electron chi connectivity index (χ0n) is 8.14. The van der Waals surface area contributed by atoms with Crippen LogP contribution < -0.4 is 5.32 Å². The fourth-order valence-electron chi connectivity index (χ4n) is 1.26. The molecule has 16 heavy (non-hydrogen) atoms. The topological polar surface area (TPSA) is 12.0 Å². The predicted octanol–water partition coefficient (Wildman–Crippen LogP) is 5.43. The van der Waals surface area contributed by atoms with Gasteiger partial charge in [-0.3, -0.25) is 0 Å². The average molecular weight is 337 g/mol. The molecule has 0 fully saturated rings. The Bertz CT molecular complexity index is 498. The highest BCUT2D eigenvalue weighted by Crippen LogP contribution is 2.27. The molecule has 84 valence electrons. The minimum atomic E-state index is 0.714. The molecule has 0 aliphatic carbocycles. The minimum absolute atomic E-state index is 0.714. The van der Waals surface area contributed by atoms with E-state index in [1.54, 1.807) is 11.3 Å². The fourth-order valence-corrected chi connectivity index (χ4v) is 2.82. The number of halogens is 3. The molecule has 0 unspecified atom stereocenters. The van der Waals surface area contributed by atoms with Crippen LogP contribution in [0.25, 0.3) is 0 Å². The molecular weight excluding hydrogens is 329 g/mol. The predicted molar refractivity (Wildman–Crippen MR) is 75.8 cm³/mol. The summed E-state index contributed by atoms with van der Waals surface area (Å²) in [5.74, 6) is 0. The first-order chi connectivity index (χ1) is 7.65. The van der Waals surface area contributed by atoms with Gasteiger partial charge in [-0.1, -0.05) is 39.1 Å². The molecule has 1 aromatic heterocycles. The maximum absolute atomic E-state index is 6.06. The van der Waals surface area contributed by atoms with Crippen LogP contribution in [0.15, 0.2) is 34.1 Å². The number of hydrogen-bond acceptors (Lipinski definition) is 2. The Balaban J connectivity index is 2.07. The van der Waals surface area contributed by atoms with Crippen molar-refractivity contribution in [1.82, 2.24) is 0 Å². The van der Waals surface area contributed by atoms with Crippen LogP contribution in [0.3, 0.4) is 0 Å². The molecule has 1 aromatic carbocycles. The number of anilines is 1. The van der Waals surface area contributed by atoms with Gasteiger partial charge in [0.05, 0.1) is 15.7 Å². The van der Waals surface area contributed by atoms with Crippen LogP contribution in [-0.4, -0.2) is 0 Å². The highest BCUT2D eigenvalue weighted by atomic mass is 79.9. The van der Waals surface area contributed by atoms with Gasteiger partial charge in [-0.2, -0.15) is 0 Å². The van der Waals surface area contributed by atoms with Crippen molar-refractivity contribution in [3.8, 4) is 0 Å². The molecule has 0 aliphatic heterocycles. The van der Waals surface area contributed by atoms with Gasteiger partial charge < -0.3 is 5.32 Å². The zero-order valence-corrected chi connectivity index (χ0v) is 12.1. The van der Waals surface area contributed by atoms with Crippen molar-refractivity contribution in [3.05, 3.63) is 49.0 Å². The molecule has 1 N–H and O–H groups in total. The summed E-state index contributed by atoms with van der Waals surface area (Å²) in [7, 11) is 0. The lowest BCUT2D eigenvalue weighted by atomic mass is 10.3. The Morgan fingerprint density at radius 3 is 2.75 bits per heavy atom. The molecule has 0 aliphatic rings. The summed E-state index contributed by atoms with van der Waals surface area (Å²) in [6.45, 7) is 0.730. The standard InChI is InChI=1S/C11H8BrCl2NS/c12-7-1-2-10(14)11(3-7)15-5-9-4-8(13)6-16-9/h1-4,6,15H,5H2. The monoisotopic (exact) mass is 335 g/mol. The van der Waals surface area contributed by atoms with Gasteiger partial charge in [-0.25, -0.2) is 0 Å². The van der Waals surface area contributed by atoms with Gasteiger partial charge in [-0.05, 0) is 24.3 Å². The van der Waals surface area contributed by atoms with Crippen LogP contribution in [0, 0.1) is 0 Å². The maximum atomic E-state index is 6.06. The molecule has 0 atom stereocenters. The third-order valence-electron chi connectivity index (χ3n) is 2.00. The van der Waals surface area contributed by atoms with E-state index in [0.29, 0.717) is 5.02 Å². The first-order valence-corrected chi connectivity index (χ1v) is 7.00. The van der Waals surface area contributed by atoms with Crippen LogP contribution >= 0.6 is 50.5 Å². The number of hydrogen-bond donors (Lipinski definition) is 1. The van der Waals surface area contributed by atoms with Crippen molar-refractivity contribution >= 4 is 56.2 Å². The second-order valence-corrected chi connectivity index (χ2v) is 5.96. The van der Waals surface area contributed by atoms with Gasteiger partial charge in [0.25, 0.3) is 0 Å². The molecule has 0 amide bonds. The summed E-state index contributed by atoms with van der Waals surface area (Å²) in [5, 5.41) is 6.68. The Morgan fingerprint density at radius 1 is 1.25 bits per heavy atom. The van der Waals surface area contributed by atoms with E-state index in [9.17, 15) is 0 Å². The Kier molecular flexibility index (Phi) is 4.14. The summed E-state index contributed by atoms with van der Waals surface area (Å²) < 4.78 is 1.00. The molecule has 0 saturated carbocycles. The summed E-state index contributed by atoms with van der Waals surface area (Å²) in [4.78, 5) is 1.18. The van der Waals surface area contributed by atoms with Gasteiger partial charge in [0.1, 0.15) is 0 Å². The van der Waals surface area contributed by atoms with Crippen molar-refractivity contribution in [1.29, 1.82) is 0 Å². The van der Waals surface area contributed by atoms with Gasteiger partial charge in [0.2, 0.25) is 0 Å². The van der Waals surface area contributed by atoms with Crippen LogP contribution in [0.4, 0.5) is 5.69 Å². The minimum Gasteiger partial charge on any atom is -0.379 e. The Labute approximate surface area is 117 Å². The SMILES string of the molecule is Clc1csc(CNc2cc(Br)ccc2Cl)c1. The maximum Gasteiger partial charge on any atom is 0.0638 e. The van der Waals surface area contributed by atoms with E-state index in [-0.39, 0.29) is 0 Å². The van der Waals surface area contributed by atoms with Crippen LogP contribution in [0.5, 0.6) is 0 Å². The van der Waals surface area contributed by atoms with E-state index in [1.165, 1.54) is 4.88 Å². The third-order valence-corrected chi connectivity index (χ3v) is 4.11. The van der Waals surface area contributed by atoms with Crippen molar-refractivity contribution in [2.24, 2.45) is 0 Å². The Morgan fingerprint density at radius 2 is 2.06 bits per heavy atom. The molecule has 1 heterocycles. The molecule has 5 heteroatoms. The lowest BCUT2D eigenvalue weighted by Gasteiger charge is -2.07. The van der Waals surface area contributed by atoms with Crippen LogP contribution in [0.1, 0.15) is 4.88 Å². The van der Waals surface area contributed by atoms with E-state index >= 15 is 0 Å². The van der Waals surface area contributed by atoms with E-state index < -0.39 is 0 Å². The summed E-state index contributed by atoms with van der Waals surface area (Å²) >= 11 is 16.9. The Hall–Kier alpha value is -0.220. The van der Waals surface area contributed by atoms with Gasteiger partial charge >= 0.3 is 0 Å². The quantitative estimate of drug-likeness (QED) is 0.788. The second kappa shape index (κ2) is 5.41. The van der Waals surface area contributed by atoms with Crippen molar-refractivity contribution < 1.29 is 0 Å². The summed E-state index contributed by atoms with van der Waals surface area (Å²) in [6.07, 6.45) is 0. The molecule has 1 nitrogen and oxygen atoms in total. The normalized spacial score (nSPS) is 10.4. The first-order valence-electron chi connectivity index (χ1n) is 4.57. The first kappa shape index (κ1) is 12.2. The second-order valence-electron chi connectivity index (χ2n) is 3.21. The smallest absolute Gasteiger partial charge is 0.0638 e. The number of thiophene rings is 1. The molecule has 0 saturated heterocycles. The van der Waals surface area contributed by atoms with E-state index in [0.717, 1.165) is 21.7 Å². The molecule has 2 aromatic rings. The summed E-state index contributed by atoms with van der Waals surface area (Å²) in [6, 6.07) is 7.67. The van der Waals surface area contributed by atoms with E-state index in [1.807, 2.05) is 29.6 Å². The molecule has 2 rings (SSSR count). The lowest BCUT2D eigenvalue weighted by molar-refractivity contribution is 1.19. The van der Waals surface area contributed by atoms with Crippen LogP contribution in [-0.2, 0) is 6.54 Å². The van der Waals surface area contributed by atoms with Crippen molar-refractivity contribution in [2.45, 2.75) is 6.54 Å². The number of benzene rings is 1. The molecular formula is C11H8BrCl2NS. The van der Waals surface area contributed by atoms with Crippen LogP contribution in [0.2, 0.25) is 10.0 Å². The van der Waals surface area contributed by atoms with Gasteiger partial charge in [0.15, 0.2) is 0 Å². The zero-order chi connectivity index (χ0) is 11.5. The van der Waals surface area contributed by atoms with E-state index in [2.05, 4.69) is 21.2 Å². The highest BCUT2D eigenvalue weighted by molar-refractivity contribution is 9.10. The van der Waals surface area contributed by atoms with E-state index in [4.69, 9.17) is 23.2 Å². The van der Waals surface area contributed by atoms with Gasteiger partial charge in [0, 0.05) is 21.3 Å². The van der Waals surface area contributed by atoms with Gasteiger partial charge in [-0.15, -0.1) is 11.3 Å². The van der Waals surface area contributed by atoms with Crippen molar-refractivity contribution in [3.63, 3.8) is 0 Å². The lowest BCUT2D eigenvalue weighted by Crippen LogP contribution is -1.97. The molecule has 0 radical (unpaired) electrons. The molecule has 0 spiro atoms. The molecule has 0 bridgehead atoms. The van der Waals surface area contributed by atoms with Crippen molar-refractivity contribution in [2.75, 3.05) is 5.32 Å². The fraction of sp³-hybridized carbons (Fsp3) is 0.0909. The largest absolute Gasteiger partial charge is 0.379 e. The number of rotatable bonds is 3. The average Bonchev–Trinajstić information content (AvgIpc) is 2.66. The number of nitrogens with one attached hydrogen (secondary N) is 1. The summed E-state index contributed by atoms with van der Waals surface area (Å²) in [5.41, 5.74) is 0.917. The third kappa shape index (κ3) is 3.14.